The van der Waals surface area contributed by atoms with Crippen molar-refractivity contribution < 1.29 is 13.2 Å². The van der Waals surface area contributed by atoms with Gasteiger partial charge in [-0.05, 0) is 30.3 Å². The van der Waals surface area contributed by atoms with Gasteiger partial charge >= 0.3 is 0 Å². The summed E-state index contributed by atoms with van der Waals surface area (Å²) in [6.07, 6.45) is 3.07. The summed E-state index contributed by atoms with van der Waals surface area (Å²) in [4.78, 5) is 13.4. The van der Waals surface area contributed by atoms with Crippen LogP contribution in [-0.4, -0.2) is 25.1 Å². The summed E-state index contributed by atoms with van der Waals surface area (Å²) in [5, 5.41) is 5.09. The Kier molecular flexibility index (Phi) is 4.97. The molecule has 1 amide bonds. The van der Waals surface area contributed by atoms with Gasteiger partial charge in [-0.15, -0.1) is 0 Å². The van der Waals surface area contributed by atoms with Crippen molar-refractivity contribution in [1.82, 2.24) is 9.40 Å². The van der Waals surface area contributed by atoms with Crippen LogP contribution in [0, 0.1) is 0 Å². The molecule has 0 fully saturated rings. The van der Waals surface area contributed by atoms with Crippen molar-refractivity contribution >= 4 is 44.6 Å². The van der Waals surface area contributed by atoms with Crippen molar-refractivity contribution in [3.05, 3.63) is 65.3 Å². The van der Waals surface area contributed by atoms with Gasteiger partial charge in [-0.1, -0.05) is 29.8 Å². The number of aromatic nitrogens is 1. The monoisotopic (exact) mass is 390 g/mol. The number of hydrazone groups is 1. The number of nitrogens with zero attached hydrogens (tertiary/aromatic N) is 2. The van der Waals surface area contributed by atoms with Crippen LogP contribution in [0.4, 0.5) is 0 Å². The summed E-state index contributed by atoms with van der Waals surface area (Å²) in [7, 11) is -3.80. The Hall–Kier alpha value is -2.84. The average Bonchev–Trinajstić information content (AvgIpc) is 2.93. The Balaban J connectivity index is 1.86. The molecule has 1 heterocycles. The minimum atomic E-state index is -3.80. The molecular formula is C17H15ClN4O3S. The number of amides is 1. The highest BCUT2D eigenvalue weighted by molar-refractivity contribution is 7.89. The molecule has 0 spiro atoms. The quantitative estimate of drug-likeness (QED) is 0.497. The van der Waals surface area contributed by atoms with E-state index in [9.17, 15) is 13.2 Å². The maximum atomic E-state index is 12.2. The minimum absolute atomic E-state index is 0.0187. The van der Waals surface area contributed by atoms with Gasteiger partial charge in [-0.25, -0.2) is 4.83 Å². The Bertz CT molecular complexity index is 1090. The predicted molar refractivity (Wildman–Crippen MR) is 100 cm³/mol. The number of primary amides is 1. The smallest absolute Gasteiger partial charge is 0.276 e. The van der Waals surface area contributed by atoms with Crippen LogP contribution in [0.5, 0.6) is 0 Å². The molecule has 2 aromatic carbocycles. The normalized spacial score (nSPS) is 11.9. The first kappa shape index (κ1) is 18.0. The molecule has 3 aromatic rings. The van der Waals surface area contributed by atoms with E-state index in [1.54, 1.807) is 10.8 Å². The molecule has 0 bridgehead atoms. The lowest BCUT2D eigenvalue weighted by atomic mass is 10.2. The van der Waals surface area contributed by atoms with Crippen molar-refractivity contribution in [3.63, 3.8) is 0 Å². The molecule has 3 N–H and O–H groups in total. The molecule has 0 unspecified atom stereocenters. The summed E-state index contributed by atoms with van der Waals surface area (Å²) >= 11 is 5.76. The number of rotatable bonds is 6. The first-order valence-corrected chi connectivity index (χ1v) is 9.39. The second kappa shape index (κ2) is 7.19. The molecule has 0 saturated carbocycles. The second-order valence-corrected chi connectivity index (χ2v) is 7.60. The zero-order valence-electron chi connectivity index (χ0n) is 13.5. The van der Waals surface area contributed by atoms with Gasteiger partial charge in [0.2, 0.25) is 5.91 Å². The fourth-order valence-corrected chi connectivity index (χ4v) is 3.43. The van der Waals surface area contributed by atoms with Crippen molar-refractivity contribution in [2.24, 2.45) is 10.8 Å². The number of hydrogen-bond donors (Lipinski definition) is 2. The number of carbonyl (C=O) groups excluding carboxylic acids is 1. The largest absolute Gasteiger partial charge is 0.368 e. The molecule has 1 aromatic heterocycles. The number of halogens is 1. The van der Waals surface area contributed by atoms with Crippen LogP contribution in [-0.2, 0) is 21.4 Å². The Morgan fingerprint density at radius 2 is 1.88 bits per heavy atom. The highest BCUT2D eigenvalue weighted by Gasteiger charge is 2.13. The van der Waals surface area contributed by atoms with Gasteiger partial charge in [0.15, 0.2) is 0 Å². The number of hydrogen-bond acceptors (Lipinski definition) is 4. The number of benzene rings is 2. The van der Waals surface area contributed by atoms with Gasteiger partial charge in [0.05, 0.1) is 11.1 Å². The van der Waals surface area contributed by atoms with E-state index in [0.717, 1.165) is 10.9 Å². The maximum Gasteiger partial charge on any atom is 0.276 e. The summed E-state index contributed by atoms with van der Waals surface area (Å²) in [6.45, 7) is 0.0187. The van der Waals surface area contributed by atoms with E-state index in [2.05, 4.69) is 9.93 Å². The Labute approximate surface area is 155 Å². The number of nitrogens with two attached hydrogens (primary N) is 1. The van der Waals surface area contributed by atoms with E-state index < -0.39 is 15.9 Å². The number of carbonyl (C=O) groups is 1. The molecule has 0 aliphatic carbocycles. The standard InChI is InChI=1S/C17H15ClN4O3S/c18-13-5-7-14(8-6-13)26(24,25)21-20-9-12-10-22(11-17(19)23)16-4-2-1-3-15(12)16/h1-10,21H,11H2,(H2,19,23)/b20-9+. The van der Waals surface area contributed by atoms with E-state index in [1.165, 1.54) is 30.5 Å². The van der Waals surface area contributed by atoms with Crippen molar-refractivity contribution in [1.29, 1.82) is 0 Å². The number of nitrogens with one attached hydrogen (secondary N) is 1. The van der Waals surface area contributed by atoms with Crippen LogP contribution < -0.4 is 10.6 Å². The lowest BCUT2D eigenvalue weighted by molar-refractivity contribution is -0.118. The molecule has 0 saturated heterocycles. The lowest BCUT2D eigenvalue weighted by Crippen LogP contribution is -2.18. The highest BCUT2D eigenvalue weighted by Crippen LogP contribution is 2.20. The highest BCUT2D eigenvalue weighted by atomic mass is 35.5. The summed E-state index contributed by atoms with van der Waals surface area (Å²) in [5.74, 6) is -0.474. The Morgan fingerprint density at radius 1 is 1.19 bits per heavy atom. The molecule has 0 aliphatic rings. The maximum absolute atomic E-state index is 12.2. The zero-order valence-corrected chi connectivity index (χ0v) is 15.0. The SMILES string of the molecule is NC(=O)Cn1cc(/C=N/NS(=O)(=O)c2ccc(Cl)cc2)c2ccccc21. The van der Waals surface area contributed by atoms with Gasteiger partial charge in [0.25, 0.3) is 10.0 Å². The molecular weight excluding hydrogens is 376 g/mol. The van der Waals surface area contributed by atoms with Gasteiger partial charge in [-0.2, -0.15) is 13.5 Å². The van der Waals surface area contributed by atoms with Crippen molar-refractivity contribution in [2.45, 2.75) is 11.4 Å². The predicted octanol–water partition coefficient (Wildman–Crippen LogP) is 2.09. The second-order valence-electron chi connectivity index (χ2n) is 5.50. The van der Waals surface area contributed by atoms with Gasteiger partial charge in [0, 0.05) is 27.7 Å². The number of para-hydroxylation sites is 1. The first-order valence-electron chi connectivity index (χ1n) is 7.53. The fraction of sp³-hybridized carbons (Fsp3) is 0.0588. The third-order valence-electron chi connectivity index (χ3n) is 3.65. The van der Waals surface area contributed by atoms with Crippen LogP contribution in [0.2, 0.25) is 5.02 Å². The number of sulfonamides is 1. The van der Waals surface area contributed by atoms with Crippen LogP contribution >= 0.6 is 11.6 Å². The van der Waals surface area contributed by atoms with Gasteiger partial charge < -0.3 is 10.3 Å². The molecule has 0 aliphatic heterocycles. The summed E-state index contributed by atoms with van der Waals surface area (Å²) in [6, 6.07) is 13.1. The molecule has 3 rings (SSSR count). The summed E-state index contributed by atoms with van der Waals surface area (Å²) in [5.41, 5.74) is 6.72. The molecule has 0 radical (unpaired) electrons. The fourth-order valence-electron chi connectivity index (χ4n) is 2.51. The third-order valence-corrected chi connectivity index (χ3v) is 5.14. The van der Waals surface area contributed by atoms with Gasteiger partial charge in [-0.3, -0.25) is 4.79 Å². The van der Waals surface area contributed by atoms with Crippen molar-refractivity contribution in [2.75, 3.05) is 0 Å². The lowest BCUT2D eigenvalue weighted by Gasteiger charge is -2.02. The molecule has 134 valence electrons. The van der Waals surface area contributed by atoms with Crippen LogP contribution in [0.25, 0.3) is 10.9 Å². The average molecular weight is 391 g/mol. The number of fused-ring (bicyclic) bond motifs is 1. The van der Waals surface area contributed by atoms with Crippen molar-refractivity contribution in [3.8, 4) is 0 Å². The Morgan fingerprint density at radius 3 is 2.58 bits per heavy atom. The molecule has 7 nitrogen and oxygen atoms in total. The van der Waals surface area contributed by atoms with E-state index in [-0.39, 0.29) is 11.4 Å². The van der Waals surface area contributed by atoms with E-state index in [0.29, 0.717) is 10.6 Å². The zero-order chi connectivity index (χ0) is 18.7. The van der Waals surface area contributed by atoms with Crippen LogP contribution in [0.3, 0.4) is 0 Å². The first-order chi connectivity index (χ1) is 12.4. The van der Waals surface area contributed by atoms with E-state index >= 15 is 0 Å². The third kappa shape index (κ3) is 3.87. The molecule has 9 heteroatoms. The van der Waals surface area contributed by atoms with E-state index in [1.807, 2.05) is 24.3 Å². The minimum Gasteiger partial charge on any atom is -0.368 e. The van der Waals surface area contributed by atoms with Crippen LogP contribution in [0.15, 0.2) is 64.7 Å². The molecule has 26 heavy (non-hydrogen) atoms. The van der Waals surface area contributed by atoms with E-state index in [4.69, 9.17) is 17.3 Å². The summed E-state index contributed by atoms with van der Waals surface area (Å²) < 4.78 is 26.1. The topological polar surface area (TPSA) is 107 Å². The van der Waals surface area contributed by atoms with Gasteiger partial charge in [0.1, 0.15) is 6.54 Å². The molecule has 0 atom stereocenters. The van der Waals surface area contributed by atoms with Crippen LogP contribution in [0.1, 0.15) is 5.56 Å².